The van der Waals surface area contributed by atoms with E-state index in [9.17, 15) is 9.59 Å². The molecule has 1 aromatic heterocycles. The molecule has 1 N–H and O–H groups in total. The second-order valence-electron chi connectivity index (χ2n) is 4.92. The van der Waals surface area contributed by atoms with Gasteiger partial charge in [-0.2, -0.15) is 0 Å². The first-order chi connectivity index (χ1) is 9.38. The molecule has 0 bridgehead atoms. The Morgan fingerprint density at radius 3 is 2.35 bits per heavy atom. The predicted octanol–water partition coefficient (Wildman–Crippen LogP) is 4.13. The van der Waals surface area contributed by atoms with Crippen LogP contribution in [0.25, 0.3) is 0 Å². The van der Waals surface area contributed by atoms with Gasteiger partial charge in [0, 0.05) is 10.4 Å². The summed E-state index contributed by atoms with van der Waals surface area (Å²) in [4.78, 5) is 25.7. The van der Waals surface area contributed by atoms with E-state index in [0.29, 0.717) is 16.1 Å². The zero-order valence-corrected chi connectivity index (χ0v) is 12.9. The van der Waals surface area contributed by atoms with Crippen LogP contribution in [0, 0.1) is 20.8 Å². The number of carbonyl (C=O) groups excluding carboxylic acids is 2. The molecule has 1 aromatic carbocycles. The molecule has 0 aliphatic rings. The fraction of sp³-hybridized carbons (Fsp3) is 0.250. The first-order valence-electron chi connectivity index (χ1n) is 6.38. The van der Waals surface area contributed by atoms with Crippen molar-refractivity contribution in [2.75, 3.05) is 5.32 Å². The van der Waals surface area contributed by atoms with E-state index in [1.54, 1.807) is 6.07 Å². The molecule has 0 saturated carbocycles. The van der Waals surface area contributed by atoms with Crippen molar-refractivity contribution in [1.29, 1.82) is 0 Å². The number of amides is 1. The lowest BCUT2D eigenvalue weighted by Gasteiger charge is -2.13. The van der Waals surface area contributed by atoms with Gasteiger partial charge in [0.1, 0.15) is 0 Å². The lowest BCUT2D eigenvalue weighted by molar-refractivity contribution is 0.101. The highest BCUT2D eigenvalue weighted by atomic mass is 32.1. The summed E-state index contributed by atoms with van der Waals surface area (Å²) in [6, 6.07) is 7.48. The van der Waals surface area contributed by atoms with E-state index in [4.69, 9.17) is 0 Å². The highest BCUT2D eigenvalue weighted by molar-refractivity contribution is 7.14. The summed E-state index contributed by atoms with van der Waals surface area (Å²) in [5.41, 5.74) is 3.08. The Labute approximate surface area is 122 Å². The van der Waals surface area contributed by atoms with Crippen LogP contribution < -0.4 is 5.32 Å². The molecule has 2 rings (SSSR count). The summed E-state index contributed by atoms with van der Waals surface area (Å²) in [5, 5.41) is 2.87. The standard InChI is InChI=1S/C16H17NO2S/c1-9-7-10(2)15(13(8-9)12(4)18)17-16(19)14-6-5-11(3)20-14/h5-8H,1-4H3,(H,17,19). The van der Waals surface area contributed by atoms with Gasteiger partial charge >= 0.3 is 0 Å². The second-order valence-corrected chi connectivity index (χ2v) is 6.21. The number of aryl methyl sites for hydroxylation is 3. The van der Waals surface area contributed by atoms with Crippen molar-refractivity contribution in [3.63, 3.8) is 0 Å². The normalized spacial score (nSPS) is 10.4. The number of thiophene rings is 1. The molecule has 1 amide bonds. The lowest BCUT2D eigenvalue weighted by Crippen LogP contribution is -2.14. The quantitative estimate of drug-likeness (QED) is 0.863. The summed E-state index contributed by atoms with van der Waals surface area (Å²) < 4.78 is 0. The Kier molecular flexibility index (Phi) is 4.04. The van der Waals surface area contributed by atoms with Crippen molar-refractivity contribution >= 4 is 28.7 Å². The molecule has 0 atom stereocenters. The predicted molar refractivity (Wildman–Crippen MR) is 82.9 cm³/mol. The van der Waals surface area contributed by atoms with E-state index < -0.39 is 0 Å². The van der Waals surface area contributed by atoms with Crippen molar-refractivity contribution in [2.45, 2.75) is 27.7 Å². The number of anilines is 1. The maximum Gasteiger partial charge on any atom is 0.265 e. The van der Waals surface area contributed by atoms with Crippen LogP contribution in [-0.2, 0) is 0 Å². The zero-order chi connectivity index (χ0) is 14.9. The van der Waals surface area contributed by atoms with Crippen LogP contribution in [0.5, 0.6) is 0 Å². The van der Waals surface area contributed by atoms with Gasteiger partial charge in [0.05, 0.1) is 10.6 Å². The minimum absolute atomic E-state index is 0.0468. The number of ketones is 1. The smallest absolute Gasteiger partial charge is 0.265 e. The Hall–Kier alpha value is -1.94. The third kappa shape index (κ3) is 2.96. The van der Waals surface area contributed by atoms with Gasteiger partial charge in [-0.05, 0) is 57.0 Å². The van der Waals surface area contributed by atoms with Gasteiger partial charge in [-0.1, -0.05) is 6.07 Å². The molecule has 1 heterocycles. The van der Waals surface area contributed by atoms with E-state index in [1.807, 2.05) is 39.0 Å². The fourth-order valence-corrected chi connectivity index (χ4v) is 2.91. The summed E-state index contributed by atoms with van der Waals surface area (Å²) in [7, 11) is 0. The highest BCUT2D eigenvalue weighted by Crippen LogP contribution is 2.25. The van der Waals surface area contributed by atoms with Gasteiger partial charge in [0.2, 0.25) is 0 Å². The van der Waals surface area contributed by atoms with Crippen LogP contribution in [0.15, 0.2) is 24.3 Å². The molecule has 3 nitrogen and oxygen atoms in total. The Balaban J connectivity index is 2.38. The summed E-state index contributed by atoms with van der Waals surface area (Å²) in [5.74, 6) is -0.216. The second kappa shape index (κ2) is 5.59. The van der Waals surface area contributed by atoms with E-state index in [-0.39, 0.29) is 11.7 Å². The van der Waals surface area contributed by atoms with Crippen LogP contribution in [-0.4, -0.2) is 11.7 Å². The summed E-state index contributed by atoms with van der Waals surface area (Å²) in [6.07, 6.45) is 0. The van der Waals surface area contributed by atoms with Crippen LogP contribution in [0.4, 0.5) is 5.69 Å². The third-order valence-corrected chi connectivity index (χ3v) is 4.06. The SMILES string of the molecule is CC(=O)c1cc(C)cc(C)c1NC(=O)c1ccc(C)s1. The Morgan fingerprint density at radius 1 is 1.10 bits per heavy atom. The van der Waals surface area contributed by atoms with Crippen LogP contribution in [0.2, 0.25) is 0 Å². The molecule has 0 radical (unpaired) electrons. The van der Waals surface area contributed by atoms with Crippen LogP contribution in [0.3, 0.4) is 0 Å². The first kappa shape index (κ1) is 14.5. The number of hydrogen-bond donors (Lipinski definition) is 1. The van der Waals surface area contributed by atoms with Gasteiger partial charge in [0.25, 0.3) is 5.91 Å². The maximum absolute atomic E-state index is 12.2. The van der Waals surface area contributed by atoms with Crippen LogP contribution >= 0.6 is 11.3 Å². The van der Waals surface area contributed by atoms with E-state index in [2.05, 4.69) is 5.32 Å². The van der Waals surface area contributed by atoms with Gasteiger partial charge in [-0.25, -0.2) is 0 Å². The summed E-state index contributed by atoms with van der Waals surface area (Å²) >= 11 is 1.44. The molecular weight excluding hydrogens is 270 g/mol. The topological polar surface area (TPSA) is 46.2 Å². The number of rotatable bonds is 3. The molecule has 0 aliphatic heterocycles. The molecule has 2 aromatic rings. The zero-order valence-electron chi connectivity index (χ0n) is 12.0. The van der Waals surface area contributed by atoms with Gasteiger partial charge < -0.3 is 5.32 Å². The molecule has 0 unspecified atom stereocenters. The molecule has 0 saturated heterocycles. The lowest BCUT2D eigenvalue weighted by atomic mass is 10.0. The minimum Gasteiger partial charge on any atom is -0.320 e. The maximum atomic E-state index is 12.2. The highest BCUT2D eigenvalue weighted by Gasteiger charge is 2.15. The van der Waals surface area contributed by atoms with E-state index >= 15 is 0 Å². The molecule has 20 heavy (non-hydrogen) atoms. The van der Waals surface area contributed by atoms with Crippen molar-refractivity contribution < 1.29 is 9.59 Å². The minimum atomic E-state index is -0.169. The molecule has 4 heteroatoms. The first-order valence-corrected chi connectivity index (χ1v) is 7.20. The average Bonchev–Trinajstić information content (AvgIpc) is 2.78. The number of benzene rings is 1. The third-order valence-electron chi connectivity index (χ3n) is 3.06. The Morgan fingerprint density at radius 2 is 1.80 bits per heavy atom. The van der Waals surface area contributed by atoms with Crippen molar-refractivity contribution in [3.8, 4) is 0 Å². The summed E-state index contributed by atoms with van der Waals surface area (Å²) in [6.45, 7) is 7.31. The molecular formula is C16H17NO2S. The van der Waals surface area contributed by atoms with Gasteiger partial charge in [0.15, 0.2) is 5.78 Å². The largest absolute Gasteiger partial charge is 0.320 e. The molecule has 0 fully saturated rings. The van der Waals surface area contributed by atoms with E-state index in [0.717, 1.165) is 16.0 Å². The number of nitrogens with one attached hydrogen (secondary N) is 1. The average molecular weight is 287 g/mol. The van der Waals surface area contributed by atoms with Crippen molar-refractivity contribution in [2.24, 2.45) is 0 Å². The Bertz CT molecular complexity index is 686. The van der Waals surface area contributed by atoms with E-state index in [1.165, 1.54) is 18.3 Å². The monoisotopic (exact) mass is 287 g/mol. The number of Topliss-reactive ketones (excluding diaryl/α,β-unsaturated/α-hetero) is 1. The van der Waals surface area contributed by atoms with Crippen molar-refractivity contribution in [3.05, 3.63) is 50.7 Å². The van der Waals surface area contributed by atoms with Crippen molar-refractivity contribution in [1.82, 2.24) is 0 Å². The molecule has 0 spiro atoms. The molecule has 104 valence electrons. The number of hydrogen-bond acceptors (Lipinski definition) is 3. The van der Waals surface area contributed by atoms with Crippen LogP contribution in [0.1, 0.15) is 43.0 Å². The number of carbonyl (C=O) groups is 2. The van der Waals surface area contributed by atoms with Gasteiger partial charge in [-0.15, -0.1) is 11.3 Å². The molecule has 0 aliphatic carbocycles. The van der Waals surface area contributed by atoms with Gasteiger partial charge in [-0.3, -0.25) is 9.59 Å². The fourth-order valence-electron chi connectivity index (χ4n) is 2.14.